The molecule has 0 unspecified atom stereocenters. The molecule has 4 aromatic rings. The molecule has 2 heterocycles. The highest BCUT2D eigenvalue weighted by atomic mass is 32.2. The van der Waals surface area contributed by atoms with Crippen LogP contribution in [0.1, 0.15) is 6.92 Å². The summed E-state index contributed by atoms with van der Waals surface area (Å²) in [4.78, 5) is 10.0. The zero-order valence-corrected chi connectivity index (χ0v) is 16.7. The second-order valence-electron chi connectivity index (χ2n) is 6.41. The molecule has 0 aliphatic heterocycles. The first-order chi connectivity index (χ1) is 14.4. The molecule has 0 spiro atoms. The van der Waals surface area contributed by atoms with E-state index in [0.29, 0.717) is 12.2 Å². The van der Waals surface area contributed by atoms with E-state index in [1.54, 1.807) is 11.1 Å². The van der Waals surface area contributed by atoms with Gasteiger partial charge in [-0.2, -0.15) is 10.1 Å². The summed E-state index contributed by atoms with van der Waals surface area (Å²) in [6.45, 7) is 2.35. The number of anilines is 4. The Morgan fingerprint density at radius 3 is 2.63 bits per heavy atom. The van der Waals surface area contributed by atoms with Crippen molar-refractivity contribution < 1.29 is 12.8 Å². The fourth-order valence-corrected chi connectivity index (χ4v) is 3.60. The molecule has 0 radical (unpaired) electrons. The number of primary sulfonamides is 1. The van der Waals surface area contributed by atoms with Crippen molar-refractivity contribution in [1.29, 1.82) is 0 Å². The van der Waals surface area contributed by atoms with Gasteiger partial charge in [-0.3, -0.25) is 5.10 Å². The summed E-state index contributed by atoms with van der Waals surface area (Å²) in [6.07, 6.45) is 2.76. The Hall–Kier alpha value is -3.57. The first-order valence-corrected chi connectivity index (χ1v) is 10.5. The number of aromatic amines is 1. The van der Waals surface area contributed by atoms with Crippen LogP contribution < -0.4 is 15.4 Å². The number of nitrogens with two attached hydrogens (primary N) is 1. The van der Waals surface area contributed by atoms with Crippen molar-refractivity contribution in [1.82, 2.24) is 20.2 Å². The SMILES string of the molecule is CCN(c1nc(Nc2ccc(S(N)(=O)=O)cc2)ncc1F)c1cccc2[nH]ncc12. The lowest BCUT2D eigenvalue weighted by atomic mass is 10.2. The van der Waals surface area contributed by atoms with Crippen LogP contribution in [0.15, 0.2) is 59.8 Å². The Bertz CT molecular complexity index is 1310. The van der Waals surface area contributed by atoms with Crippen molar-refractivity contribution in [3.8, 4) is 0 Å². The third kappa shape index (κ3) is 3.80. The Morgan fingerprint density at radius 2 is 1.93 bits per heavy atom. The van der Waals surface area contributed by atoms with E-state index in [4.69, 9.17) is 5.14 Å². The molecule has 0 fully saturated rings. The van der Waals surface area contributed by atoms with Gasteiger partial charge in [0.15, 0.2) is 11.6 Å². The van der Waals surface area contributed by atoms with Crippen molar-refractivity contribution in [2.75, 3.05) is 16.8 Å². The van der Waals surface area contributed by atoms with Gasteiger partial charge in [0.1, 0.15) is 0 Å². The van der Waals surface area contributed by atoms with E-state index >= 15 is 0 Å². The van der Waals surface area contributed by atoms with Gasteiger partial charge in [-0.05, 0) is 43.3 Å². The van der Waals surface area contributed by atoms with E-state index in [9.17, 15) is 12.8 Å². The average Bonchev–Trinajstić information content (AvgIpc) is 3.20. The zero-order valence-electron chi connectivity index (χ0n) is 15.9. The standard InChI is InChI=1S/C19H18FN7O2S/c1-2-27(17-5-3-4-16-14(17)10-23-26-16)18-15(20)11-22-19(25-18)24-12-6-8-13(9-7-12)30(21,28)29/h3-11H,2H2,1H3,(H,23,26)(H2,21,28,29)(H,22,24,25). The molecule has 0 aliphatic carbocycles. The summed E-state index contributed by atoms with van der Waals surface area (Å²) in [5.41, 5.74) is 2.11. The van der Waals surface area contributed by atoms with Crippen LogP contribution in [0.2, 0.25) is 0 Å². The van der Waals surface area contributed by atoms with E-state index < -0.39 is 15.8 Å². The third-order valence-corrected chi connectivity index (χ3v) is 5.42. The number of nitrogens with zero attached hydrogens (tertiary/aromatic N) is 4. The van der Waals surface area contributed by atoms with Crippen LogP contribution in [0.25, 0.3) is 10.9 Å². The highest BCUT2D eigenvalue weighted by Gasteiger charge is 2.18. The third-order valence-electron chi connectivity index (χ3n) is 4.49. The highest BCUT2D eigenvalue weighted by molar-refractivity contribution is 7.89. The molecule has 0 saturated heterocycles. The lowest BCUT2D eigenvalue weighted by molar-refractivity contribution is 0.598. The molecule has 0 aliphatic rings. The minimum Gasteiger partial charge on any atom is -0.324 e. The fourth-order valence-electron chi connectivity index (χ4n) is 3.09. The van der Waals surface area contributed by atoms with Crippen LogP contribution in [0.3, 0.4) is 0 Å². The highest BCUT2D eigenvalue weighted by Crippen LogP contribution is 2.32. The molecular weight excluding hydrogens is 409 g/mol. The van der Waals surface area contributed by atoms with Crippen molar-refractivity contribution in [3.63, 3.8) is 0 Å². The molecule has 0 atom stereocenters. The molecule has 4 rings (SSSR count). The van der Waals surface area contributed by atoms with E-state index in [0.717, 1.165) is 22.8 Å². The summed E-state index contributed by atoms with van der Waals surface area (Å²) in [5, 5.41) is 15.8. The van der Waals surface area contributed by atoms with Gasteiger partial charge < -0.3 is 10.2 Å². The Balaban J connectivity index is 1.68. The molecule has 2 aromatic heterocycles. The maximum atomic E-state index is 14.6. The van der Waals surface area contributed by atoms with Gasteiger partial charge in [0, 0.05) is 17.6 Å². The summed E-state index contributed by atoms with van der Waals surface area (Å²) in [5.74, 6) is -0.315. The molecule has 0 amide bonds. The van der Waals surface area contributed by atoms with Gasteiger partial charge in [0.2, 0.25) is 16.0 Å². The fraction of sp³-hybridized carbons (Fsp3) is 0.105. The summed E-state index contributed by atoms with van der Waals surface area (Å²) in [7, 11) is -3.79. The van der Waals surface area contributed by atoms with Gasteiger partial charge in [-0.1, -0.05) is 6.07 Å². The van der Waals surface area contributed by atoms with Crippen molar-refractivity contribution in [3.05, 3.63) is 60.7 Å². The van der Waals surface area contributed by atoms with E-state index in [-0.39, 0.29) is 16.7 Å². The molecule has 0 bridgehead atoms. The second kappa shape index (κ2) is 7.69. The van der Waals surface area contributed by atoms with Crippen molar-refractivity contribution in [2.45, 2.75) is 11.8 Å². The molecule has 2 aromatic carbocycles. The van der Waals surface area contributed by atoms with Gasteiger partial charge in [0.05, 0.1) is 28.5 Å². The Labute approximate surface area is 171 Å². The number of hydrogen-bond acceptors (Lipinski definition) is 7. The Morgan fingerprint density at radius 1 is 1.17 bits per heavy atom. The van der Waals surface area contributed by atoms with Crippen LogP contribution in [0, 0.1) is 5.82 Å². The van der Waals surface area contributed by atoms with Crippen molar-refractivity contribution in [2.24, 2.45) is 5.14 Å². The monoisotopic (exact) mass is 427 g/mol. The van der Waals surface area contributed by atoms with Gasteiger partial charge in [-0.25, -0.2) is 22.9 Å². The smallest absolute Gasteiger partial charge is 0.238 e. The number of benzene rings is 2. The summed E-state index contributed by atoms with van der Waals surface area (Å²) >= 11 is 0. The maximum Gasteiger partial charge on any atom is 0.238 e. The number of aromatic nitrogens is 4. The van der Waals surface area contributed by atoms with E-state index in [1.165, 1.54) is 24.3 Å². The number of H-pyrrole nitrogens is 1. The minimum atomic E-state index is -3.79. The number of halogens is 1. The Kier molecular flexibility index (Phi) is 5.06. The van der Waals surface area contributed by atoms with Crippen molar-refractivity contribution >= 4 is 44.1 Å². The summed E-state index contributed by atoms with van der Waals surface area (Å²) in [6, 6.07) is 11.4. The number of rotatable bonds is 6. The van der Waals surface area contributed by atoms with Gasteiger partial charge in [0.25, 0.3) is 0 Å². The van der Waals surface area contributed by atoms with E-state index in [1.807, 2.05) is 25.1 Å². The molecule has 4 N–H and O–H groups in total. The number of sulfonamides is 1. The van der Waals surface area contributed by atoms with Crippen LogP contribution in [0.4, 0.5) is 27.5 Å². The van der Waals surface area contributed by atoms with Crippen LogP contribution in [-0.2, 0) is 10.0 Å². The van der Waals surface area contributed by atoms with Crippen LogP contribution in [0.5, 0.6) is 0 Å². The normalized spacial score (nSPS) is 11.6. The molecule has 30 heavy (non-hydrogen) atoms. The zero-order chi connectivity index (χ0) is 21.3. The van der Waals surface area contributed by atoms with E-state index in [2.05, 4.69) is 25.5 Å². The molecule has 9 nitrogen and oxygen atoms in total. The first-order valence-electron chi connectivity index (χ1n) is 8.99. The number of nitrogens with one attached hydrogen (secondary N) is 2. The lowest BCUT2D eigenvalue weighted by Gasteiger charge is -2.23. The second-order valence-corrected chi connectivity index (χ2v) is 7.97. The van der Waals surface area contributed by atoms with Crippen LogP contribution in [-0.4, -0.2) is 35.1 Å². The topological polar surface area (TPSA) is 130 Å². The molecule has 11 heteroatoms. The quantitative estimate of drug-likeness (QED) is 0.431. The van der Waals surface area contributed by atoms with Crippen LogP contribution >= 0.6 is 0 Å². The molecule has 154 valence electrons. The van der Waals surface area contributed by atoms with Gasteiger partial charge >= 0.3 is 0 Å². The first kappa shape index (κ1) is 19.7. The maximum absolute atomic E-state index is 14.6. The number of hydrogen-bond donors (Lipinski definition) is 3. The predicted octanol–water partition coefficient (Wildman–Crippen LogP) is 3.04. The molecular formula is C19H18FN7O2S. The minimum absolute atomic E-state index is 0.0147. The molecule has 0 saturated carbocycles. The average molecular weight is 427 g/mol. The lowest BCUT2D eigenvalue weighted by Crippen LogP contribution is -2.20. The largest absolute Gasteiger partial charge is 0.324 e. The van der Waals surface area contributed by atoms with Gasteiger partial charge in [-0.15, -0.1) is 0 Å². The summed E-state index contributed by atoms with van der Waals surface area (Å²) < 4.78 is 37.4. The predicted molar refractivity (Wildman–Crippen MR) is 112 cm³/mol. The number of fused-ring (bicyclic) bond motifs is 1.